The van der Waals surface area contributed by atoms with E-state index < -0.39 is 0 Å². The van der Waals surface area contributed by atoms with E-state index in [4.69, 9.17) is 0 Å². The lowest BCUT2D eigenvalue weighted by Crippen LogP contribution is -1.83. The van der Waals surface area contributed by atoms with Gasteiger partial charge in [-0.15, -0.1) is 11.8 Å². The smallest absolute Gasteiger partial charge is 0.00886 e. The highest BCUT2D eigenvalue weighted by molar-refractivity contribution is 4.98. The zero-order chi connectivity index (χ0) is 21.8. The van der Waals surface area contributed by atoms with Crippen molar-refractivity contribution in [2.45, 2.75) is 167 Å². The van der Waals surface area contributed by atoms with Crippen molar-refractivity contribution in [1.29, 1.82) is 0 Å². The summed E-state index contributed by atoms with van der Waals surface area (Å²) in [6.07, 6.45) is 35.4. The van der Waals surface area contributed by atoms with Gasteiger partial charge in [-0.1, -0.05) is 155 Å². The van der Waals surface area contributed by atoms with Crippen molar-refractivity contribution in [2.24, 2.45) is 0 Å². The first kappa shape index (κ1) is 29.6. The van der Waals surface area contributed by atoms with Crippen molar-refractivity contribution in [2.75, 3.05) is 0 Å². The van der Waals surface area contributed by atoms with Gasteiger partial charge in [0.05, 0.1) is 0 Å². The van der Waals surface area contributed by atoms with Crippen molar-refractivity contribution in [1.82, 2.24) is 0 Å². The van der Waals surface area contributed by atoms with Crippen molar-refractivity contribution in [3.05, 3.63) is 13.8 Å². The number of hydrogen-bond acceptors (Lipinski definition) is 0. The van der Waals surface area contributed by atoms with Gasteiger partial charge in [-0.2, -0.15) is 0 Å². The van der Waals surface area contributed by atoms with Crippen LogP contribution in [0, 0.1) is 25.7 Å². The Bertz CT molecular complexity index is 345. The van der Waals surface area contributed by atoms with E-state index in [0.29, 0.717) is 0 Å². The molecule has 0 atom stereocenters. The van der Waals surface area contributed by atoms with E-state index in [0.717, 1.165) is 25.7 Å². The molecule has 0 aliphatic carbocycles. The highest BCUT2D eigenvalue weighted by Crippen LogP contribution is 2.13. The van der Waals surface area contributed by atoms with Crippen molar-refractivity contribution >= 4 is 0 Å². The van der Waals surface area contributed by atoms with Gasteiger partial charge in [0.1, 0.15) is 0 Å². The summed E-state index contributed by atoms with van der Waals surface area (Å²) >= 11 is 0. The molecule has 0 N–H and O–H groups in total. The molecule has 0 aromatic rings. The molecule has 0 bridgehead atoms. The topological polar surface area (TPSA) is 0 Å². The van der Waals surface area contributed by atoms with Gasteiger partial charge in [0, 0.05) is 12.8 Å². The fourth-order valence-corrected chi connectivity index (χ4v) is 4.14. The Morgan fingerprint density at radius 2 is 0.467 bits per heavy atom. The molecule has 0 unspecified atom stereocenters. The first-order valence-electron chi connectivity index (χ1n) is 14.0. The van der Waals surface area contributed by atoms with Gasteiger partial charge < -0.3 is 0 Å². The van der Waals surface area contributed by atoms with E-state index in [1.807, 2.05) is 0 Å². The lowest BCUT2D eigenvalue weighted by atomic mass is 10.0. The fourth-order valence-electron chi connectivity index (χ4n) is 4.14. The molecular weight excluding hydrogens is 360 g/mol. The highest BCUT2D eigenvalue weighted by atomic mass is 14.0. The maximum Gasteiger partial charge on any atom is 0.00886 e. The highest BCUT2D eigenvalue weighted by Gasteiger charge is 1.94. The van der Waals surface area contributed by atoms with E-state index in [1.54, 1.807) is 0 Å². The maximum absolute atomic E-state index is 3.91. The van der Waals surface area contributed by atoms with E-state index in [9.17, 15) is 0 Å². The molecule has 2 radical (unpaired) electrons. The van der Waals surface area contributed by atoms with Crippen LogP contribution in [0.3, 0.4) is 0 Å². The zero-order valence-electron chi connectivity index (χ0n) is 20.8. The average Bonchev–Trinajstić information content (AvgIpc) is 2.76. The quantitative estimate of drug-likeness (QED) is 0.108. The molecule has 0 heterocycles. The fraction of sp³-hybridized carbons (Fsp3) is 0.867. The van der Waals surface area contributed by atoms with Crippen LogP contribution in [0.1, 0.15) is 167 Å². The zero-order valence-corrected chi connectivity index (χ0v) is 20.8. The molecule has 0 spiro atoms. The van der Waals surface area contributed by atoms with Crippen LogP contribution in [0.15, 0.2) is 0 Å². The van der Waals surface area contributed by atoms with Gasteiger partial charge in [-0.3, -0.25) is 0 Å². The Balaban J connectivity index is 3.09. The van der Waals surface area contributed by atoms with Gasteiger partial charge in [0.15, 0.2) is 0 Å². The first-order valence-corrected chi connectivity index (χ1v) is 14.0. The minimum atomic E-state index is 1.11. The second kappa shape index (κ2) is 28.6. The molecule has 0 nitrogen and oxygen atoms in total. The summed E-state index contributed by atoms with van der Waals surface area (Å²) in [6, 6.07) is 0. The van der Waals surface area contributed by atoms with E-state index >= 15 is 0 Å². The Hall–Kier alpha value is -0.440. The molecule has 0 aromatic heterocycles. The SMILES string of the molecule is [CH2]CCCCCCCCCCCCC#CCCCCCCCCCCCCCC[CH2]. The van der Waals surface area contributed by atoms with Crippen LogP contribution in [-0.2, 0) is 0 Å². The lowest BCUT2D eigenvalue weighted by molar-refractivity contribution is 0.542. The summed E-state index contributed by atoms with van der Waals surface area (Å²) < 4.78 is 0. The molecule has 0 aliphatic rings. The Morgan fingerprint density at radius 3 is 0.700 bits per heavy atom. The van der Waals surface area contributed by atoms with Gasteiger partial charge in [-0.25, -0.2) is 0 Å². The van der Waals surface area contributed by atoms with Crippen LogP contribution in [0.5, 0.6) is 0 Å². The van der Waals surface area contributed by atoms with Crippen LogP contribution in [-0.4, -0.2) is 0 Å². The standard InChI is InChI=1S/C30H56/c1-3-5-7-9-11-13-15-17-19-21-23-25-27-29-30-28-26-24-22-20-18-16-14-12-10-8-6-4-2/h1-27,29H2. The third kappa shape index (κ3) is 27.6. The predicted octanol–water partition coefficient (Wildman–Crippen LogP) is 10.8. The first-order chi connectivity index (χ1) is 14.9. The molecule has 0 fully saturated rings. The molecule has 0 heteroatoms. The van der Waals surface area contributed by atoms with Gasteiger partial charge in [-0.05, 0) is 12.8 Å². The monoisotopic (exact) mass is 416 g/mol. The van der Waals surface area contributed by atoms with Crippen molar-refractivity contribution < 1.29 is 0 Å². The van der Waals surface area contributed by atoms with Gasteiger partial charge >= 0.3 is 0 Å². The molecule has 0 aliphatic heterocycles. The van der Waals surface area contributed by atoms with Crippen LogP contribution in [0.2, 0.25) is 0 Å². The summed E-state index contributed by atoms with van der Waals surface area (Å²) in [4.78, 5) is 0. The maximum atomic E-state index is 3.91. The normalized spacial score (nSPS) is 10.9. The Labute approximate surface area is 192 Å². The average molecular weight is 417 g/mol. The lowest BCUT2D eigenvalue weighted by Gasteiger charge is -2.02. The van der Waals surface area contributed by atoms with Crippen molar-refractivity contribution in [3.8, 4) is 11.8 Å². The molecule has 0 rings (SSSR count). The molecule has 0 aromatic carbocycles. The molecular formula is C30H56. The second-order valence-corrected chi connectivity index (χ2v) is 9.34. The number of hydrogen-bond donors (Lipinski definition) is 0. The van der Waals surface area contributed by atoms with Gasteiger partial charge in [0.2, 0.25) is 0 Å². The number of unbranched alkanes of at least 4 members (excludes halogenated alkanes) is 24. The molecule has 0 saturated heterocycles. The molecule has 176 valence electrons. The predicted molar refractivity (Wildman–Crippen MR) is 139 cm³/mol. The van der Waals surface area contributed by atoms with Crippen LogP contribution >= 0.6 is 0 Å². The van der Waals surface area contributed by atoms with Gasteiger partial charge in [0.25, 0.3) is 0 Å². The third-order valence-electron chi connectivity index (χ3n) is 6.23. The van der Waals surface area contributed by atoms with Crippen LogP contribution in [0.4, 0.5) is 0 Å². The minimum Gasteiger partial charge on any atom is -0.103 e. The minimum absolute atomic E-state index is 1.11. The second-order valence-electron chi connectivity index (χ2n) is 9.34. The van der Waals surface area contributed by atoms with Crippen LogP contribution < -0.4 is 0 Å². The Morgan fingerprint density at radius 1 is 0.267 bits per heavy atom. The molecule has 0 saturated carbocycles. The summed E-state index contributed by atoms with van der Waals surface area (Å²) in [5, 5.41) is 0. The summed E-state index contributed by atoms with van der Waals surface area (Å²) in [5.74, 6) is 6.80. The summed E-state index contributed by atoms with van der Waals surface area (Å²) in [5.41, 5.74) is 0. The van der Waals surface area contributed by atoms with E-state index in [2.05, 4.69) is 25.7 Å². The number of rotatable bonds is 24. The molecule has 30 heavy (non-hydrogen) atoms. The Kier molecular flexibility index (Phi) is 28.1. The van der Waals surface area contributed by atoms with Crippen LogP contribution in [0.25, 0.3) is 0 Å². The van der Waals surface area contributed by atoms with Crippen molar-refractivity contribution in [3.63, 3.8) is 0 Å². The molecule has 0 amide bonds. The summed E-state index contributed by atoms with van der Waals surface area (Å²) in [6.45, 7) is 7.82. The van der Waals surface area contributed by atoms with E-state index in [1.165, 1.54) is 141 Å². The summed E-state index contributed by atoms with van der Waals surface area (Å²) in [7, 11) is 0. The largest absolute Gasteiger partial charge is 0.103 e. The third-order valence-corrected chi connectivity index (χ3v) is 6.23. The van der Waals surface area contributed by atoms with E-state index in [-0.39, 0.29) is 0 Å².